The molecule has 204 valence electrons. The van der Waals surface area contributed by atoms with Gasteiger partial charge >= 0.3 is 0 Å². The van der Waals surface area contributed by atoms with E-state index < -0.39 is 34.1 Å². The molecule has 0 saturated carbocycles. The summed E-state index contributed by atoms with van der Waals surface area (Å²) in [7, 11) is -0.941. The topological polar surface area (TPSA) is 105 Å². The molecule has 0 unspecified atom stereocenters. The van der Waals surface area contributed by atoms with Gasteiger partial charge in [-0.3, -0.25) is 13.9 Å². The molecule has 1 N–H and O–H groups in total. The first-order chi connectivity index (χ1) is 17.2. The largest absolute Gasteiger partial charge is 0.493 e. The fourth-order valence-corrected chi connectivity index (χ4v) is 4.78. The summed E-state index contributed by atoms with van der Waals surface area (Å²) in [4.78, 5) is 28.5. The van der Waals surface area contributed by atoms with Gasteiger partial charge < -0.3 is 19.7 Å². The third-order valence-electron chi connectivity index (χ3n) is 5.82. The molecule has 0 fully saturated rings. The molecule has 0 radical (unpaired) electrons. The Morgan fingerprint density at radius 2 is 1.65 bits per heavy atom. The normalized spacial score (nSPS) is 12.4. The van der Waals surface area contributed by atoms with Crippen molar-refractivity contribution >= 4 is 27.5 Å². The second kappa shape index (κ2) is 12.3. The summed E-state index contributed by atoms with van der Waals surface area (Å²) in [6.07, 6.45) is 1.39. The molecule has 0 saturated heterocycles. The number of aryl methyl sites for hydroxylation is 1. The lowest BCUT2D eigenvalue weighted by Crippen LogP contribution is -2.55. The number of hydrogen-bond donors (Lipinski definition) is 1. The van der Waals surface area contributed by atoms with E-state index in [-0.39, 0.29) is 18.1 Å². The Balaban J connectivity index is 2.52. The van der Waals surface area contributed by atoms with Crippen molar-refractivity contribution in [3.63, 3.8) is 0 Å². The molecule has 0 spiro atoms. The van der Waals surface area contributed by atoms with E-state index in [9.17, 15) is 18.0 Å². The van der Waals surface area contributed by atoms with Crippen molar-refractivity contribution in [2.24, 2.45) is 0 Å². The van der Waals surface area contributed by atoms with Crippen molar-refractivity contribution in [1.82, 2.24) is 10.2 Å². The SMILES string of the molecule is CC[C@@H](C(=O)NC(C)(C)C)N(Cc1ccccc1C)C(=O)CN(c1ccc(OC)c(OC)c1)S(C)(=O)=O. The van der Waals surface area contributed by atoms with E-state index in [0.717, 1.165) is 21.7 Å². The van der Waals surface area contributed by atoms with E-state index in [1.165, 1.54) is 25.2 Å². The van der Waals surface area contributed by atoms with Gasteiger partial charge in [-0.05, 0) is 57.4 Å². The first-order valence-corrected chi connectivity index (χ1v) is 13.9. The van der Waals surface area contributed by atoms with Crippen molar-refractivity contribution in [3.8, 4) is 11.5 Å². The van der Waals surface area contributed by atoms with Gasteiger partial charge in [0.05, 0.1) is 26.2 Å². The van der Waals surface area contributed by atoms with Crippen LogP contribution in [0.2, 0.25) is 0 Å². The Bertz CT molecular complexity index is 1210. The fraction of sp³-hybridized carbons (Fsp3) is 0.481. The van der Waals surface area contributed by atoms with Gasteiger partial charge in [-0.15, -0.1) is 0 Å². The first kappa shape index (κ1) is 30.0. The Hall–Kier alpha value is -3.27. The van der Waals surface area contributed by atoms with Gasteiger partial charge in [0.2, 0.25) is 21.8 Å². The summed E-state index contributed by atoms with van der Waals surface area (Å²) in [5.74, 6) is -0.0423. The molecule has 0 aromatic heterocycles. The van der Waals surface area contributed by atoms with Gasteiger partial charge in [-0.25, -0.2) is 8.42 Å². The monoisotopic (exact) mass is 533 g/mol. The zero-order chi connectivity index (χ0) is 28.0. The van der Waals surface area contributed by atoms with Crippen LogP contribution >= 0.6 is 0 Å². The number of anilines is 1. The highest BCUT2D eigenvalue weighted by Crippen LogP contribution is 2.32. The maximum Gasteiger partial charge on any atom is 0.244 e. The lowest BCUT2D eigenvalue weighted by Gasteiger charge is -2.34. The van der Waals surface area contributed by atoms with E-state index in [1.807, 2.05) is 58.9 Å². The fourth-order valence-electron chi connectivity index (χ4n) is 3.94. The molecule has 37 heavy (non-hydrogen) atoms. The van der Waals surface area contributed by atoms with Gasteiger partial charge in [0, 0.05) is 18.2 Å². The number of amides is 2. The Kier molecular flexibility index (Phi) is 9.97. The van der Waals surface area contributed by atoms with Gasteiger partial charge in [0.1, 0.15) is 12.6 Å². The highest BCUT2D eigenvalue weighted by molar-refractivity contribution is 7.92. The lowest BCUT2D eigenvalue weighted by atomic mass is 10.0. The van der Waals surface area contributed by atoms with E-state index in [1.54, 1.807) is 12.1 Å². The van der Waals surface area contributed by atoms with Crippen LogP contribution in [0.1, 0.15) is 45.2 Å². The zero-order valence-corrected chi connectivity index (χ0v) is 23.8. The van der Waals surface area contributed by atoms with Crippen LogP contribution in [0.4, 0.5) is 5.69 Å². The van der Waals surface area contributed by atoms with E-state index >= 15 is 0 Å². The number of hydrogen-bond acceptors (Lipinski definition) is 6. The quantitative estimate of drug-likeness (QED) is 0.474. The first-order valence-electron chi connectivity index (χ1n) is 12.1. The predicted octanol–water partition coefficient (Wildman–Crippen LogP) is 3.50. The van der Waals surface area contributed by atoms with E-state index in [2.05, 4.69) is 5.32 Å². The highest BCUT2D eigenvalue weighted by atomic mass is 32.2. The molecule has 2 amide bonds. The number of methoxy groups -OCH3 is 2. The van der Waals surface area contributed by atoms with Gasteiger partial charge in [0.25, 0.3) is 0 Å². The molecule has 0 aliphatic heterocycles. The minimum absolute atomic E-state index is 0.158. The van der Waals surface area contributed by atoms with Crippen LogP contribution in [0.3, 0.4) is 0 Å². The Labute approximate surface area is 220 Å². The average molecular weight is 534 g/mol. The molecule has 0 aliphatic rings. The number of nitrogens with zero attached hydrogens (tertiary/aromatic N) is 2. The summed E-state index contributed by atoms with van der Waals surface area (Å²) in [6.45, 7) is 9.04. The van der Waals surface area contributed by atoms with Crippen LogP contribution in [0.5, 0.6) is 11.5 Å². The number of benzene rings is 2. The molecule has 0 aliphatic carbocycles. The Morgan fingerprint density at radius 1 is 1.03 bits per heavy atom. The summed E-state index contributed by atoms with van der Waals surface area (Å²) >= 11 is 0. The molecule has 2 aromatic rings. The molecule has 2 aromatic carbocycles. The average Bonchev–Trinajstić information content (AvgIpc) is 2.81. The smallest absolute Gasteiger partial charge is 0.244 e. The zero-order valence-electron chi connectivity index (χ0n) is 23.0. The summed E-state index contributed by atoms with van der Waals surface area (Å²) < 4.78 is 37.2. The summed E-state index contributed by atoms with van der Waals surface area (Å²) in [5.41, 5.74) is 1.58. The van der Waals surface area contributed by atoms with Gasteiger partial charge in [-0.2, -0.15) is 0 Å². The standard InChI is InChI=1S/C27H39N3O6S/c1-9-22(26(32)28-27(3,4)5)29(17-20-13-11-10-12-19(20)2)25(31)18-30(37(8,33)34)21-14-15-23(35-6)24(16-21)36-7/h10-16,22H,9,17-18H2,1-8H3,(H,28,32)/t22-/m0/s1. The molecular weight excluding hydrogens is 494 g/mol. The highest BCUT2D eigenvalue weighted by Gasteiger charge is 2.33. The number of nitrogens with one attached hydrogen (secondary N) is 1. The van der Waals surface area contributed by atoms with Gasteiger partial charge in [0.15, 0.2) is 11.5 Å². The molecule has 0 bridgehead atoms. The summed E-state index contributed by atoms with van der Waals surface area (Å²) in [5, 5.41) is 2.95. The molecular formula is C27H39N3O6S. The van der Waals surface area contributed by atoms with Crippen molar-refractivity contribution in [2.75, 3.05) is 31.3 Å². The maximum atomic E-state index is 13.8. The van der Waals surface area contributed by atoms with Crippen molar-refractivity contribution < 1.29 is 27.5 Å². The van der Waals surface area contributed by atoms with E-state index in [4.69, 9.17) is 9.47 Å². The minimum atomic E-state index is -3.86. The van der Waals surface area contributed by atoms with Crippen LogP contribution < -0.4 is 19.1 Å². The minimum Gasteiger partial charge on any atom is -0.493 e. The Morgan fingerprint density at radius 3 is 2.16 bits per heavy atom. The second-order valence-electron chi connectivity index (χ2n) is 9.92. The molecule has 0 heterocycles. The van der Waals surface area contributed by atoms with Crippen LogP contribution in [0.15, 0.2) is 42.5 Å². The number of sulfonamides is 1. The molecule has 10 heteroatoms. The third kappa shape index (κ3) is 8.11. The predicted molar refractivity (Wildman–Crippen MR) is 145 cm³/mol. The number of carbonyl (C=O) groups excluding carboxylic acids is 2. The third-order valence-corrected chi connectivity index (χ3v) is 6.96. The number of carbonyl (C=O) groups is 2. The van der Waals surface area contributed by atoms with Crippen LogP contribution in [0, 0.1) is 6.92 Å². The lowest BCUT2D eigenvalue weighted by molar-refractivity contribution is -0.141. The molecule has 2 rings (SSSR count). The van der Waals surface area contributed by atoms with Crippen molar-refractivity contribution in [1.29, 1.82) is 0 Å². The number of rotatable bonds is 11. The molecule has 9 nitrogen and oxygen atoms in total. The number of ether oxygens (including phenoxy) is 2. The van der Waals surface area contributed by atoms with Crippen LogP contribution in [-0.2, 0) is 26.2 Å². The van der Waals surface area contributed by atoms with Crippen LogP contribution in [0.25, 0.3) is 0 Å². The van der Waals surface area contributed by atoms with E-state index in [0.29, 0.717) is 17.9 Å². The van der Waals surface area contributed by atoms with Crippen molar-refractivity contribution in [2.45, 2.75) is 59.2 Å². The maximum absolute atomic E-state index is 13.8. The molecule has 1 atom stereocenters. The van der Waals surface area contributed by atoms with Gasteiger partial charge in [-0.1, -0.05) is 31.2 Å². The summed E-state index contributed by atoms with van der Waals surface area (Å²) in [6, 6.07) is 11.4. The van der Waals surface area contributed by atoms with Crippen LogP contribution in [-0.4, -0.2) is 63.7 Å². The second-order valence-corrected chi connectivity index (χ2v) is 11.8. The van der Waals surface area contributed by atoms with Crippen molar-refractivity contribution in [3.05, 3.63) is 53.6 Å².